The molecule has 13 heavy (non-hydrogen) atoms. The molecule has 0 saturated carbocycles. The summed E-state index contributed by atoms with van der Waals surface area (Å²) in [5.74, 6) is -1.13. The normalized spacial score (nSPS) is 9.31. The van der Waals surface area contributed by atoms with Crippen molar-refractivity contribution in [3.8, 4) is 0 Å². The number of aromatic nitrogens is 2. The van der Waals surface area contributed by atoms with Crippen LogP contribution in [0.4, 0.5) is 5.82 Å². The number of hydrogen-bond donors (Lipinski definition) is 3. The van der Waals surface area contributed by atoms with Gasteiger partial charge in [0.1, 0.15) is 5.82 Å². The number of carboxylic acids is 1. The molecule has 0 aliphatic heterocycles. The van der Waals surface area contributed by atoms with Gasteiger partial charge in [0.2, 0.25) is 5.82 Å². The van der Waals surface area contributed by atoms with E-state index in [1.165, 1.54) is 6.20 Å². The van der Waals surface area contributed by atoms with Crippen molar-refractivity contribution < 1.29 is 9.90 Å². The Hall–Kier alpha value is -1.98. The van der Waals surface area contributed by atoms with Crippen LogP contribution in [0.3, 0.4) is 0 Å². The first-order valence-corrected chi connectivity index (χ1v) is 3.47. The summed E-state index contributed by atoms with van der Waals surface area (Å²) in [7, 11) is 1.60. The van der Waals surface area contributed by atoms with E-state index in [0.717, 1.165) is 6.21 Å². The number of carboxylic acid groups (broad SMARTS) is 1. The molecule has 0 unspecified atom stereocenters. The average molecular weight is 180 g/mol. The first-order valence-electron chi connectivity index (χ1n) is 3.47. The lowest BCUT2D eigenvalue weighted by molar-refractivity contribution is 0.0683. The largest absolute Gasteiger partial charge is 0.475 e. The fraction of sp³-hybridized carbons (Fsp3) is 0.143. The standard InChI is InChI=1S/C7H8N4O2/c1-9-5-4(2-8)3-10-6(11-5)7(12)13/h2-3,8H,1H3,(H,12,13)(H,9,10,11). The molecule has 3 N–H and O–H groups in total. The molecule has 1 heterocycles. The number of rotatable bonds is 3. The Morgan fingerprint density at radius 1 is 1.77 bits per heavy atom. The second-order valence-electron chi connectivity index (χ2n) is 2.20. The van der Waals surface area contributed by atoms with Crippen molar-refractivity contribution in [2.24, 2.45) is 0 Å². The highest BCUT2D eigenvalue weighted by molar-refractivity contribution is 5.87. The van der Waals surface area contributed by atoms with Crippen LogP contribution in [0.1, 0.15) is 16.2 Å². The van der Waals surface area contributed by atoms with Crippen LogP contribution < -0.4 is 5.32 Å². The molecule has 0 fully saturated rings. The molecule has 0 aliphatic rings. The van der Waals surface area contributed by atoms with Gasteiger partial charge in [-0.15, -0.1) is 0 Å². The first-order chi connectivity index (χ1) is 6.19. The fourth-order valence-electron chi connectivity index (χ4n) is 0.800. The summed E-state index contributed by atoms with van der Waals surface area (Å²) in [6, 6.07) is 0. The molecule has 0 radical (unpaired) electrons. The van der Waals surface area contributed by atoms with E-state index in [9.17, 15) is 4.79 Å². The number of nitrogens with zero attached hydrogens (tertiary/aromatic N) is 2. The smallest absolute Gasteiger partial charge is 0.374 e. The van der Waals surface area contributed by atoms with Crippen LogP contribution in [0.25, 0.3) is 0 Å². The molecule has 6 heteroatoms. The zero-order valence-electron chi connectivity index (χ0n) is 6.90. The minimum atomic E-state index is -1.19. The van der Waals surface area contributed by atoms with E-state index in [1.807, 2.05) is 0 Å². The minimum Gasteiger partial charge on any atom is -0.475 e. The average Bonchev–Trinajstić information content (AvgIpc) is 2.16. The van der Waals surface area contributed by atoms with E-state index >= 15 is 0 Å². The minimum absolute atomic E-state index is 0.282. The zero-order valence-corrected chi connectivity index (χ0v) is 6.90. The summed E-state index contributed by atoms with van der Waals surface area (Å²) >= 11 is 0. The van der Waals surface area contributed by atoms with E-state index in [-0.39, 0.29) is 5.82 Å². The van der Waals surface area contributed by atoms with Gasteiger partial charge in [0, 0.05) is 19.5 Å². The molecule has 0 amide bonds. The van der Waals surface area contributed by atoms with E-state index in [2.05, 4.69) is 15.3 Å². The topological polar surface area (TPSA) is 99.0 Å². The molecule has 6 nitrogen and oxygen atoms in total. The number of carbonyl (C=O) groups is 1. The van der Waals surface area contributed by atoms with Crippen LogP contribution in [0.15, 0.2) is 6.20 Å². The summed E-state index contributed by atoms with van der Waals surface area (Å²) in [6.45, 7) is 0. The highest BCUT2D eigenvalue weighted by atomic mass is 16.4. The third kappa shape index (κ3) is 1.78. The van der Waals surface area contributed by atoms with E-state index in [0.29, 0.717) is 11.4 Å². The monoisotopic (exact) mass is 180 g/mol. The van der Waals surface area contributed by atoms with Gasteiger partial charge < -0.3 is 15.8 Å². The number of aromatic carboxylic acids is 1. The molecular weight excluding hydrogens is 172 g/mol. The molecule has 1 aromatic heterocycles. The lowest BCUT2D eigenvalue weighted by Crippen LogP contribution is -2.08. The highest BCUT2D eigenvalue weighted by Crippen LogP contribution is 2.07. The van der Waals surface area contributed by atoms with Gasteiger partial charge in [-0.3, -0.25) is 0 Å². The van der Waals surface area contributed by atoms with E-state index < -0.39 is 5.97 Å². The first kappa shape index (κ1) is 9.11. The third-order valence-electron chi connectivity index (χ3n) is 1.40. The molecule has 1 rings (SSSR count). The van der Waals surface area contributed by atoms with Gasteiger partial charge in [0.25, 0.3) is 0 Å². The fourth-order valence-corrected chi connectivity index (χ4v) is 0.800. The van der Waals surface area contributed by atoms with Crippen LogP contribution >= 0.6 is 0 Å². The maximum absolute atomic E-state index is 10.5. The second-order valence-corrected chi connectivity index (χ2v) is 2.20. The molecule has 0 spiro atoms. The van der Waals surface area contributed by atoms with Crippen LogP contribution in [0.5, 0.6) is 0 Å². The zero-order chi connectivity index (χ0) is 9.84. The Morgan fingerprint density at radius 3 is 2.92 bits per heavy atom. The van der Waals surface area contributed by atoms with Crippen LogP contribution in [0, 0.1) is 5.41 Å². The Morgan fingerprint density at radius 2 is 2.46 bits per heavy atom. The van der Waals surface area contributed by atoms with Gasteiger partial charge >= 0.3 is 5.97 Å². The maximum atomic E-state index is 10.5. The van der Waals surface area contributed by atoms with Gasteiger partial charge in [0.15, 0.2) is 0 Å². The van der Waals surface area contributed by atoms with Crippen LogP contribution in [-0.2, 0) is 0 Å². The molecular formula is C7H8N4O2. The van der Waals surface area contributed by atoms with Crippen molar-refractivity contribution in [2.75, 3.05) is 12.4 Å². The lowest BCUT2D eigenvalue weighted by atomic mass is 10.3. The quantitative estimate of drug-likeness (QED) is 0.577. The number of nitrogens with one attached hydrogen (secondary N) is 2. The summed E-state index contributed by atoms with van der Waals surface area (Å²) < 4.78 is 0. The van der Waals surface area contributed by atoms with Gasteiger partial charge in [0.05, 0.1) is 5.56 Å². The Bertz CT molecular complexity index is 350. The van der Waals surface area contributed by atoms with Crippen molar-refractivity contribution in [1.29, 1.82) is 5.41 Å². The summed E-state index contributed by atoms with van der Waals surface area (Å²) in [4.78, 5) is 17.7. The summed E-state index contributed by atoms with van der Waals surface area (Å²) in [6.07, 6.45) is 2.34. The molecule has 1 aromatic rings. The molecule has 0 atom stereocenters. The SMILES string of the molecule is CNc1nc(C(=O)O)ncc1C=N. The van der Waals surface area contributed by atoms with Gasteiger partial charge in [-0.05, 0) is 0 Å². The lowest BCUT2D eigenvalue weighted by Gasteiger charge is -2.02. The molecule has 0 saturated heterocycles. The number of hydrogen-bond acceptors (Lipinski definition) is 5. The maximum Gasteiger partial charge on any atom is 0.374 e. The highest BCUT2D eigenvalue weighted by Gasteiger charge is 2.09. The summed E-state index contributed by atoms with van der Waals surface area (Å²) in [5.41, 5.74) is 0.451. The van der Waals surface area contributed by atoms with Gasteiger partial charge in [-0.1, -0.05) is 0 Å². The van der Waals surface area contributed by atoms with Crippen molar-refractivity contribution in [1.82, 2.24) is 9.97 Å². The van der Waals surface area contributed by atoms with Gasteiger partial charge in [-0.25, -0.2) is 14.8 Å². The predicted octanol–water partition coefficient (Wildman–Crippen LogP) is 0.214. The molecule has 0 bridgehead atoms. The van der Waals surface area contributed by atoms with Crippen molar-refractivity contribution in [3.05, 3.63) is 17.6 Å². The second kappa shape index (κ2) is 3.61. The van der Waals surface area contributed by atoms with Crippen molar-refractivity contribution >= 4 is 18.0 Å². The van der Waals surface area contributed by atoms with Crippen LogP contribution in [0.2, 0.25) is 0 Å². The van der Waals surface area contributed by atoms with Crippen molar-refractivity contribution in [2.45, 2.75) is 0 Å². The summed E-state index contributed by atoms with van der Waals surface area (Å²) in [5, 5.41) is 18.2. The Balaban J connectivity index is 3.20. The van der Waals surface area contributed by atoms with Crippen LogP contribution in [-0.4, -0.2) is 34.3 Å². The predicted molar refractivity (Wildman–Crippen MR) is 46.4 cm³/mol. The van der Waals surface area contributed by atoms with Crippen molar-refractivity contribution in [3.63, 3.8) is 0 Å². The number of anilines is 1. The Labute approximate surface area is 74.2 Å². The van der Waals surface area contributed by atoms with E-state index in [4.69, 9.17) is 10.5 Å². The van der Waals surface area contributed by atoms with Gasteiger partial charge in [-0.2, -0.15) is 0 Å². The molecule has 0 aromatic carbocycles. The molecule has 0 aliphatic carbocycles. The Kier molecular flexibility index (Phi) is 2.53. The molecule has 68 valence electrons. The van der Waals surface area contributed by atoms with E-state index in [1.54, 1.807) is 7.05 Å². The third-order valence-corrected chi connectivity index (χ3v) is 1.40.